The average molecular weight is 366 g/mol. The number of fused-ring (bicyclic) bond motifs is 1. The quantitative estimate of drug-likeness (QED) is 0.597. The number of carbonyl (C=O) groups excluding carboxylic acids is 1. The Morgan fingerprint density at radius 2 is 1.89 bits per heavy atom. The molecule has 6 nitrogen and oxygen atoms in total. The summed E-state index contributed by atoms with van der Waals surface area (Å²) in [5, 5.41) is 1.33. The molecule has 3 rings (SSSR count). The van der Waals surface area contributed by atoms with Gasteiger partial charge in [0.05, 0.1) is 25.2 Å². The highest BCUT2D eigenvalue weighted by Crippen LogP contribution is 2.38. The monoisotopic (exact) mass is 366 g/mol. The highest BCUT2D eigenvalue weighted by atomic mass is 16.5. The van der Waals surface area contributed by atoms with Crippen molar-refractivity contribution in [2.45, 2.75) is 26.3 Å². The summed E-state index contributed by atoms with van der Waals surface area (Å²) < 4.78 is 12.6. The lowest BCUT2D eigenvalue weighted by atomic mass is 9.98. The van der Waals surface area contributed by atoms with Gasteiger partial charge in [-0.05, 0) is 30.0 Å². The zero-order chi connectivity index (χ0) is 19.4. The first-order chi connectivity index (χ1) is 13.1. The normalized spacial score (nSPS) is 10.8. The van der Waals surface area contributed by atoms with Gasteiger partial charge in [0.1, 0.15) is 11.5 Å². The summed E-state index contributed by atoms with van der Waals surface area (Å²) in [7, 11) is 3.07. The van der Waals surface area contributed by atoms with E-state index < -0.39 is 0 Å². The second-order valence-electron chi connectivity index (χ2n) is 6.23. The van der Waals surface area contributed by atoms with Gasteiger partial charge < -0.3 is 14.0 Å². The number of rotatable bonds is 7. The van der Waals surface area contributed by atoms with Crippen LogP contribution in [0.3, 0.4) is 0 Å². The lowest BCUT2D eigenvalue weighted by molar-refractivity contribution is 0.112. The molecule has 0 saturated carbocycles. The summed E-state index contributed by atoms with van der Waals surface area (Å²) in [4.78, 5) is 28.3. The molecule has 2 aromatic heterocycles. The van der Waals surface area contributed by atoms with Gasteiger partial charge in [0.25, 0.3) is 5.56 Å². The Bertz CT molecular complexity index is 1040. The molecule has 1 aromatic carbocycles. The molecule has 3 aromatic rings. The number of methoxy groups -OCH3 is 2. The molecular formula is C21H22N2O4. The van der Waals surface area contributed by atoms with Gasteiger partial charge in [-0.3, -0.25) is 14.6 Å². The molecule has 0 saturated heterocycles. The number of aldehydes is 1. The van der Waals surface area contributed by atoms with Crippen LogP contribution in [0.15, 0.2) is 41.6 Å². The minimum atomic E-state index is -0.0641. The highest BCUT2D eigenvalue weighted by molar-refractivity contribution is 5.98. The van der Waals surface area contributed by atoms with Crippen LogP contribution in [0.5, 0.6) is 11.5 Å². The van der Waals surface area contributed by atoms with E-state index in [-0.39, 0.29) is 5.56 Å². The maximum Gasteiger partial charge on any atom is 0.260 e. The van der Waals surface area contributed by atoms with Crippen LogP contribution in [0.25, 0.3) is 21.9 Å². The number of hydrogen-bond acceptors (Lipinski definition) is 5. The molecule has 0 atom stereocenters. The Balaban J connectivity index is 2.35. The minimum absolute atomic E-state index is 0.0641. The van der Waals surface area contributed by atoms with E-state index in [1.807, 2.05) is 12.3 Å². The Hall–Kier alpha value is -3.15. The third-order valence-electron chi connectivity index (χ3n) is 4.61. The smallest absolute Gasteiger partial charge is 0.260 e. The molecular weight excluding hydrogens is 344 g/mol. The second-order valence-corrected chi connectivity index (χ2v) is 6.23. The molecule has 0 amide bonds. The fourth-order valence-electron chi connectivity index (χ4n) is 3.17. The zero-order valence-electron chi connectivity index (χ0n) is 15.7. The SMILES string of the molecule is CCCCn1cc(-c2cc(OC)c(C=O)cc2OC)c2ccncc2c1=O. The van der Waals surface area contributed by atoms with Crippen molar-refractivity contribution in [2.75, 3.05) is 14.2 Å². The summed E-state index contributed by atoms with van der Waals surface area (Å²) in [5.41, 5.74) is 1.92. The van der Waals surface area contributed by atoms with Crippen LogP contribution >= 0.6 is 0 Å². The Morgan fingerprint density at radius 3 is 2.56 bits per heavy atom. The number of unbranched alkanes of at least 4 members (excludes halogenated alkanes) is 1. The van der Waals surface area contributed by atoms with Crippen LogP contribution in [0.4, 0.5) is 0 Å². The summed E-state index contributed by atoms with van der Waals surface area (Å²) in [5.74, 6) is 0.992. The van der Waals surface area contributed by atoms with Crippen LogP contribution in [0.1, 0.15) is 30.1 Å². The topological polar surface area (TPSA) is 70.4 Å². The Kier molecular flexibility index (Phi) is 5.54. The standard InChI is InChI=1S/C21H22N2O4/c1-4-5-8-23-12-18(15-6-7-22-11-17(15)21(23)25)16-10-19(26-2)14(13-24)9-20(16)27-3/h6-7,9-13H,4-5,8H2,1-3H3. The van der Waals surface area contributed by atoms with Gasteiger partial charge in [-0.1, -0.05) is 13.3 Å². The summed E-state index contributed by atoms with van der Waals surface area (Å²) in [6.07, 6.45) is 7.71. The van der Waals surface area contributed by atoms with E-state index in [4.69, 9.17) is 9.47 Å². The maximum atomic E-state index is 12.8. The number of ether oxygens (including phenoxy) is 2. The largest absolute Gasteiger partial charge is 0.496 e. The molecule has 0 unspecified atom stereocenters. The summed E-state index contributed by atoms with van der Waals surface area (Å²) in [6.45, 7) is 2.71. The van der Waals surface area contributed by atoms with Crippen molar-refractivity contribution >= 4 is 17.1 Å². The third kappa shape index (κ3) is 3.43. The molecule has 2 heterocycles. The van der Waals surface area contributed by atoms with E-state index in [9.17, 15) is 9.59 Å². The molecule has 0 radical (unpaired) electrons. The lowest BCUT2D eigenvalue weighted by Gasteiger charge is -2.16. The molecule has 0 N–H and O–H groups in total. The van der Waals surface area contributed by atoms with Crippen molar-refractivity contribution in [3.63, 3.8) is 0 Å². The third-order valence-corrected chi connectivity index (χ3v) is 4.61. The van der Waals surface area contributed by atoms with Crippen molar-refractivity contribution in [3.05, 3.63) is 52.7 Å². The first kappa shape index (κ1) is 18.6. The summed E-state index contributed by atoms with van der Waals surface area (Å²) >= 11 is 0. The second kappa shape index (κ2) is 8.03. The fourth-order valence-corrected chi connectivity index (χ4v) is 3.17. The molecule has 0 aliphatic rings. The minimum Gasteiger partial charge on any atom is -0.496 e. The highest BCUT2D eigenvalue weighted by Gasteiger charge is 2.17. The zero-order valence-corrected chi connectivity index (χ0v) is 15.7. The van der Waals surface area contributed by atoms with Crippen LogP contribution in [-0.2, 0) is 6.54 Å². The van der Waals surface area contributed by atoms with Crippen molar-refractivity contribution in [3.8, 4) is 22.6 Å². The van der Waals surface area contributed by atoms with Gasteiger partial charge in [-0.25, -0.2) is 0 Å². The summed E-state index contributed by atoms with van der Waals surface area (Å²) in [6, 6.07) is 5.23. The number of hydrogen-bond donors (Lipinski definition) is 0. The first-order valence-corrected chi connectivity index (χ1v) is 8.83. The van der Waals surface area contributed by atoms with Gasteiger partial charge in [0.2, 0.25) is 0 Å². The molecule has 0 aliphatic carbocycles. The van der Waals surface area contributed by atoms with E-state index in [1.165, 1.54) is 7.11 Å². The number of carbonyl (C=O) groups is 1. The van der Waals surface area contributed by atoms with E-state index in [0.29, 0.717) is 29.0 Å². The number of benzene rings is 1. The molecule has 0 aliphatic heterocycles. The number of aromatic nitrogens is 2. The van der Waals surface area contributed by atoms with Gasteiger partial charge in [-0.15, -0.1) is 0 Å². The Morgan fingerprint density at radius 1 is 1.11 bits per heavy atom. The van der Waals surface area contributed by atoms with Crippen molar-refractivity contribution in [1.29, 1.82) is 0 Å². The molecule has 6 heteroatoms. The van der Waals surface area contributed by atoms with Crippen molar-refractivity contribution in [1.82, 2.24) is 9.55 Å². The van der Waals surface area contributed by atoms with Crippen molar-refractivity contribution < 1.29 is 14.3 Å². The lowest BCUT2D eigenvalue weighted by Crippen LogP contribution is -2.20. The van der Waals surface area contributed by atoms with Gasteiger partial charge in [-0.2, -0.15) is 0 Å². The number of pyridine rings is 2. The first-order valence-electron chi connectivity index (χ1n) is 8.83. The Labute approximate surface area is 157 Å². The van der Waals surface area contributed by atoms with Crippen LogP contribution < -0.4 is 15.0 Å². The molecule has 0 fully saturated rings. The average Bonchev–Trinajstić information content (AvgIpc) is 2.72. The fraction of sp³-hybridized carbons (Fsp3) is 0.286. The predicted molar refractivity (Wildman–Crippen MR) is 105 cm³/mol. The van der Waals surface area contributed by atoms with Crippen LogP contribution in [-0.4, -0.2) is 30.1 Å². The molecule has 140 valence electrons. The molecule has 0 bridgehead atoms. The van der Waals surface area contributed by atoms with Crippen LogP contribution in [0, 0.1) is 0 Å². The number of nitrogens with zero attached hydrogens (tertiary/aromatic N) is 2. The number of aryl methyl sites for hydroxylation is 1. The van der Waals surface area contributed by atoms with Gasteiger partial charge >= 0.3 is 0 Å². The van der Waals surface area contributed by atoms with Gasteiger partial charge in [0, 0.05) is 36.3 Å². The van der Waals surface area contributed by atoms with E-state index in [1.54, 1.807) is 36.2 Å². The van der Waals surface area contributed by atoms with Gasteiger partial charge in [0.15, 0.2) is 6.29 Å². The van der Waals surface area contributed by atoms with Crippen molar-refractivity contribution in [2.24, 2.45) is 0 Å². The van der Waals surface area contributed by atoms with E-state index in [0.717, 1.165) is 35.6 Å². The van der Waals surface area contributed by atoms with E-state index >= 15 is 0 Å². The predicted octanol–water partition coefficient (Wildman–Crippen LogP) is 3.69. The van der Waals surface area contributed by atoms with Crippen LogP contribution in [0.2, 0.25) is 0 Å². The maximum absolute atomic E-state index is 12.8. The molecule has 27 heavy (non-hydrogen) atoms. The van der Waals surface area contributed by atoms with E-state index in [2.05, 4.69) is 11.9 Å². The molecule has 0 spiro atoms.